The van der Waals surface area contributed by atoms with E-state index in [1.165, 1.54) is 27.9 Å². The number of likely N-dealkylation sites (tertiary alicyclic amines) is 1. The van der Waals surface area contributed by atoms with E-state index in [2.05, 4.69) is 91.6 Å². The summed E-state index contributed by atoms with van der Waals surface area (Å²) in [7, 11) is 0. The number of nitrogens with zero attached hydrogens (tertiary/aromatic N) is 6. The molecule has 4 fully saturated rings. The van der Waals surface area contributed by atoms with Crippen LogP contribution in [0.3, 0.4) is 0 Å². The van der Waals surface area contributed by atoms with Crippen LogP contribution in [0.15, 0.2) is 91.0 Å². The van der Waals surface area contributed by atoms with Gasteiger partial charge in [-0.1, -0.05) is 48.5 Å². The topological polar surface area (TPSA) is 120 Å². The standard InChI is InChI=1S/C49H55N7O5/c57-40-12-15-42-35(31-40)8-13-41(33-4-2-1-3-5-33)46(42)34-6-9-37(10-7-34)51-26-28-55(29-27-51)49(61)54-20-18-38(19-21-54)52-22-24-53(25-23-52)39-11-14-43-36(30-39)32-56(48(43)60)44-16-17-45(58)50-47(44)59/h1-7,9-12,14-15,30-31,38,41,44,46,57H,8,13,16-29,32H2,(H,50,58,59)/t41-,44?,46+/m1/s1. The highest BCUT2D eigenvalue weighted by Crippen LogP contribution is 2.47. The Hall–Kier alpha value is -5.88. The Kier molecular flexibility index (Phi) is 10.6. The number of anilines is 2. The fourth-order valence-corrected chi connectivity index (χ4v) is 11.1. The van der Waals surface area contributed by atoms with Crippen LogP contribution < -0.4 is 15.1 Å². The molecule has 4 aromatic carbocycles. The molecule has 6 aliphatic rings. The highest BCUT2D eigenvalue weighted by molar-refractivity contribution is 6.05. The van der Waals surface area contributed by atoms with Gasteiger partial charge in [0.25, 0.3) is 5.91 Å². The number of phenols is 1. The van der Waals surface area contributed by atoms with Crippen molar-refractivity contribution >= 4 is 35.1 Å². The highest BCUT2D eigenvalue weighted by Gasteiger charge is 2.40. The molecule has 4 saturated heterocycles. The lowest BCUT2D eigenvalue weighted by Gasteiger charge is -2.44. The molecular formula is C49H55N7O5. The number of hydrogen-bond donors (Lipinski definition) is 2. The van der Waals surface area contributed by atoms with Crippen molar-refractivity contribution in [2.45, 2.75) is 69.0 Å². The Balaban J connectivity index is 0.694. The number of amides is 5. The minimum absolute atomic E-state index is 0.141. The van der Waals surface area contributed by atoms with Gasteiger partial charge in [-0.15, -0.1) is 0 Å². The third-order valence-corrected chi connectivity index (χ3v) is 14.4. The number of rotatable bonds is 6. The van der Waals surface area contributed by atoms with Crippen molar-refractivity contribution in [3.63, 3.8) is 0 Å². The molecule has 0 radical (unpaired) electrons. The number of fused-ring (bicyclic) bond motifs is 2. The number of piperidine rings is 2. The predicted octanol–water partition coefficient (Wildman–Crippen LogP) is 5.54. The zero-order valence-electron chi connectivity index (χ0n) is 34.8. The molecule has 0 aromatic heterocycles. The number of nitrogens with one attached hydrogen (secondary N) is 1. The van der Waals surface area contributed by atoms with Crippen LogP contribution in [-0.4, -0.2) is 126 Å². The van der Waals surface area contributed by atoms with E-state index in [-0.39, 0.29) is 36.1 Å². The number of urea groups is 1. The minimum atomic E-state index is -0.606. The van der Waals surface area contributed by atoms with Crippen LogP contribution in [0, 0.1) is 0 Å². The number of hydrogen-bond acceptors (Lipinski definition) is 8. The summed E-state index contributed by atoms with van der Waals surface area (Å²) in [5, 5.41) is 12.6. The lowest BCUT2D eigenvalue weighted by molar-refractivity contribution is -0.136. The number of imide groups is 1. The normalized spacial score (nSPS) is 23.8. The van der Waals surface area contributed by atoms with E-state index in [0.29, 0.717) is 49.3 Å². The van der Waals surface area contributed by atoms with Crippen molar-refractivity contribution in [1.82, 2.24) is 24.9 Å². The third-order valence-electron chi connectivity index (χ3n) is 14.4. The van der Waals surface area contributed by atoms with Gasteiger partial charge in [-0.25, -0.2) is 4.79 Å². The molecule has 3 atom stereocenters. The molecule has 5 aliphatic heterocycles. The summed E-state index contributed by atoms with van der Waals surface area (Å²) in [6.07, 6.45) is 4.57. The van der Waals surface area contributed by atoms with E-state index in [9.17, 15) is 24.3 Å². The van der Waals surface area contributed by atoms with Gasteiger partial charge in [-0.05, 0) is 108 Å². The number of carbonyl (C=O) groups is 4. The van der Waals surface area contributed by atoms with E-state index in [4.69, 9.17) is 0 Å². The van der Waals surface area contributed by atoms with Crippen LogP contribution in [0.4, 0.5) is 16.2 Å². The highest BCUT2D eigenvalue weighted by atomic mass is 16.3. The maximum absolute atomic E-state index is 13.7. The van der Waals surface area contributed by atoms with Gasteiger partial charge in [0.15, 0.2) is 0 Å². The zero-order chi connectivity index (χ0) is 41.6. The Morgan fingerprint density at radius 1 is 0.623 bits per heavy atom. The van der Waals surface area contributed by atoms with E-state index >= 15 is 0 Å². The molecule has 1 unspecified atom stereocenters. The molecule has 5 amide bonds. The fourth-order valence-electron chi connectivity index (χ4n) is 11.1. The van der Waals surface area contributed by atoms with Crippen LogP contribution in [0.1, 0.15) is 82.1 Å². The number of phenolic OH excluding ortho intramolecular Hbond substituents is 1. The molecule has 61 heavy (non-hydrogen) atoms. The number of carbonyl (C=O) groups excluding carboxylic acids is 4. The van der Waals surface area contributed by atoms with Crippen molar-refractivity contribution in [1.29, 1.82) is 0 Å². The Labute approximate surface area is 357 Å². The van der Waals surface area contributed by atoms with Crippen molar-refractivity contribution in [2.24, 2.45) is 0 Å². The number of aryl methyl sites for hydroxylation is 1. The number of benzene rings is 4. The van der Waals surface area contributed by atoms with Crippen molar-refractivity contribution in [3.05, 3.63) is 124 Å². The van der Waals surface area contributed by atoms with Crippen LogP contribution in [-0.2, 0) is 22.6 Å². The summed E-state index contributed by atoms with van der Waals surface area (Å²) < 4.78 is 0. The molecular weight excluding hydrogens is 767 g/mol. The Bertz CT molecular complexity index is 2300. The number of aromatic hydroxyl groups is 1. The fraction of sp³-hybridized carbons (Fsp3) is 0.429. The molecule has 1 aliphatic carbocycles. The van der Waals surface area contributed by atoms with E-state index in [1.54, 1.807) is 4.90 Å². The number of piperazine rings is 2. The second kappa shape index (κ2) is 16.5. The quantitative estimate of drug-likeness (QED) is 0.244. The lowest BCUT2D eigenvalue weighted by atomic mass is 9.69. The summed E-state index contributed by atoms with van der Waals surface area (Å²) in [6.45, 7) is 8.67. The maximum Gasteiger partial charge on any atom is 0.320 e. The second-order valence-electron chi connectivity index (χ2n) is 17.7. The molecule has 2 N–H and O–H groups in total. The molecule has 0 bridgehead atoms. The van der Waals surface area contributed by atoms with Crippen LogP contribution in [0.5, 0.6) is 5.75 Å². The largest absolute Gasteiger partial charge is 0.508 e. The molecule has 12 nitrogen and oxygen atoms in total. The summed E-state index contributed by atoms with van der Waals surface area (Å²) in [5.41, 5.74) is 9.06. The third kappa shape index (κ3) is 7.71. The van der Waals surface area contributed by atoms with Gasteiger partial charge in [-0.3, -0.25) is 24.6 Å². The van der Waals surface area contributed by atoms with Gasteiger partial charge in [-0.2, -0.15) is 0 Å². The predicted molar refractivity (Wildman–Crippen MR) is 234 cm³/mol. The molecule has 0 spiro atoms. The van der Waals surface area contributed by atoms with Gasteiger partial charge >= 0.3 is 6.03 Å². The van der Waals surface area contributed by atoms with Crippen LogP contribution in [0.25, 0.3) is 0 Å². The first-order chi connectivity index (χ1) is 29.8. The second-order valence-corrected chi connectivity index (χ2v) is 17.7. The van der Waals surface area contributed by atoms with E-state index in [0.717, 1.165) is 89.3 Å². The van der Waals surface area contributed by atoms with Crippen LogP contribution >= 0.6 is 0 Å². The molecule has 5 heterocycles. The lowest BCUT2D eigenvalue weighted by Crippen LogP contribution is -2.57. The first-order valence-electron chi connectivity index (χ1n) is 22.3. The monoisotopic (exact) mass is 821 g/mol. The van der Waals surface area contributed by atoms with Gasteiger partial charge in [0.1, 0.15) is 11.8 Å². The molecule has 0 saturated carbocycles. The van der Waals surface area contributed by atoms with Crippen molar-refractivity contribution in [3.8, 4) is 5.75 Å². The van der Waals surface area contributed by atoms with Gasteiger partial charge in [0, 0.05) is 107 Å². The maximum atomic E-state index is 13.7. The van der Waals surface area contributed by atoms with E-state index in [1.807, 2.05) is 29.2 Å². The summed E-state index contributed by atoms with van der Waals surface area (Å²) in [5.74, 6) is 0.114. The molecule has 4 aromatic rings. The van der Waals surface area contributed by atoms with Gasteiger partial charge < -0.3 is 29.6 Å². The summed E-state index contributed by atoms with van der Waals surface area (Å²) in [6, 6.07) is 31.8. The SMILES string of the molecule is O=C1CCC(N2Cc3cc(N4CCN(C5CCN(C(=O)N6CCN(c7ccc([C@@H]8c9ccc(O)cc9CC[C@@H]8c8ccccc8)cc7)CC6)CC5)CC4)ccc3C2=O)C(=O)N1. The molecule has 12 heteroatoms. The van der Waals surface area contributed by atoms with Gasteiger partial charge in [0.05, 0.1) is 0 Å². The zero-order valence-corrected chi connectivity index (χ0v) is 34.8. The minimum Gasteiger partial charge on any atom is -0.508 e. The van der Waals surface area contributed by atoms with Gasteiger partial charge in [0.2, 0.25) is 11.8 Å². The Morgan fingerprint density at radius 3 is 2.05 bits per heavy atom. The average Bonchev–Trinajstić information content (AvgIpc) is 3.63. The molecule has 316 valence electrons. The van der Waals surface area contributed by atoms with Crippen LogP contribution in [0.2, 0.25) is 0 Å². The van der Waals surface area contributed by atoms with Crippen molar-refractivity contribution in [2.75, 3.05) is 75.2 Å². The Morgan fingerprint density at radius 2 is 1.31 bits per heavy atom. The smallest absolute Gasteiger partial charge is 0.320 e. The summed E-state index contributed by atoms with van der Waals surface area (Å²) >= 11 is 0. The average molecular weight is 822 g/mol. The van der Waals surface area contributed by atoms with Crippen molar-refractivity contribution < 1.29 is 24.3 Å². The summed E-state index contributed by atoms with van der Waals surface area (Å²) in [4.78, 5) is 64.2. The van der Waals surface area contributed by atoms with E-state index < -0.39 is 6.04 Å². The molecule has 10 rings (SSSR count). The first-order valence-corrected chi connectivity index (χ1v) is 22.3. The first kappa shape index (κ1) is 39.3.